The van der Waals surface area contributed by atoms with Gasteiger partial charge in [-0.2, -0.15) is 0 Å². The number of carbonyl (C=O) groups is 1. The van der Waals surface area contributed by atoms with E-state index in [1.807, 2.05) is 30.3 Å². The SMILES string of the molecule is COCCNC(=S)N(CC(=O)Nc1ccccc1Br)Cc1ccco1. The zero-order valence-electron chi connectivity index (χ0n) is 13.8. The lowest BCUT2D eigenvalue weighted by atomic mass is 10.3. The fraction of sp³-hybridized carbons (Fsp3) is 0.294. The fourth-order valence-electron chi connectivity index (χ4n) is 2.09. The number of benzene rings is 1. The molecular formula is C17H20BrN3O3S. The van der Waals surface area contributed by atoms with Gasteiger partial charge in [-0.25, -0.2) is 0 Å². The van der Waals surface area contributed by atoms with Crippen molar-refractivity contribution in [1.82, 2.24) is 10.2 Å². The molecular weight excluding hydrogens is 406 g/mol. The molecule has 1 aromatic carbocycles. The van der Waals surface area contributed by atoms with Crippen LogP contribution in [0.4, 0.5) is 5.69 Å². The number of furan rings is 1. The van der Waals surface area contributed by atoms with E-state index in [9.17, 15) is 4.79 Å². The third-order valence-electron chi connectivity index (χ3n) is 3.28. The number of methoxy groups -OCH3 is 1. The number of rotatable bonds is 8. The lowest BCUT2D eigenvalue weighted by molar-refractivity contribution is -0.116. The molecule has 2 N–H and O–H groups in total. The van der Waals surface area contributed by atoms with Gasteiger partial charge in [0.2, 0.25) is 5.91 Å². The van der Waals surface area contributed by atoms with E-state index in [-0.39, 0.29) is 12.5 Å². The smallest absolute Gasteiger partial charge is 0.244 e. The molecule has 0 aliphatic rings. The van der Waals surface area contributed by atoms with Gasteiger partial charge in [-0.15, -0.1) is 0 Å². The molecule has 2 aromatic rings. The Morgan fingerprint density at radius 3 is 2.80 bits per heavy atom. The quantitative estimate of drug-likeness (QED) is 0.500. The summed E-state index contributed by atoms with van der Waals surface area (Å²) in [6.45, 7) is 1.59. The number of ether oxygens (including phenoxy) is 1. The number of nitrogens with zero attached hydrogens (tertiary/aromatic N) is 1. The summed E-state index contributed by atoms with van der Waals surface area (Å²) in [4.78, 5) is 14.2. The summed E-state index contributed by atoms with van der Waals surface area (Å²) in [6, 6.07) is 11.1. The highest BCUT2D eigenvalue weighted by Crippen LogP contribution is 2.21. The lowest BCUT2D eigenvalue weighted by Gasteiger charge is -2.24. The molecule has 0 bridgehead atoms. The van der Waals surface area contributed by atoms with Crippen LogP contribution in [0.1, 0.15) is 5.76 Å². The van der Waals surface area contributed by atoms with E-state index in [4.69, 9.17) is 21.4 Å². The number of nitrogens with one attached hydrogen (secondary N) is 2. The number of thiocarbonyl (C=S) groups is 1. The standard InChI is InChI=1S/C17H20BrN3O3S/c1-23-10-8-19-17(25)21(11-13-5-4-9-24-13)12-16(22)20-15-7-3-2-6-14(15)18/h2-7,9H,8,10-12H2,1H3,(H,19,25)(H,20,22). The number of hydrogen-bond donors (Lipinski definition) is 2. The lowest BCUT2D eigenvalue weighted by Crippen LogP contribution is -2.44. The number of anilines is 1. The molecule has 8 heteroatoms. The maximum atomic E-state index is 12.4. The first-order valence-electron chi connectivity index (χ1n) is 7.68. The Balaban J connectivity index is 2.00. The highest BCUT2D eigenvalue weighted by atomic mass is 79.9. The molecule has 134 valence electrons. The van der Waals surface area contributed by atoms with Crippen molar-refractivity contribution in [2.45, 2.75) is 6.54 Å². The largest absolute Gasteiger partial charge is 0.467 e. The van der Waals surface area contributed by atoms with Crippen molar-refractivity contribution in [3.8, 4) is 0 Å². The topological polar surface area (TPSA) is 66.7 Å². The molecule has 0 fully saturated rings. The minimum absolute atomic E-state index is 0.0981. The molecule has 1 heterocycles. The number of para-hydroxylation sites is 1. The van der Waals surface area contributed by atoms with Gasteiger partial charge in [-0.1, -0.05) is 12.1 Å². The van der Waals surface area contributed by atoms with E-state index in [0.717, 1.165) is 10.2 Å². The van der Waals surface area contributed by atoms with Crippen LogP contribution in [0, 0.1) is 0 Å². The number of carbonyl (C=O) groups excluding carboxylic acids is 1. The van der Waals surface area contributed by atoms with Crippen LogP contribution in [0.2, 0.25) is 0 Å². The van der Waals surface area contributed by atoms with Crippen molar-refractivity contribution < 1.29 is 13.9 Å². The Bertz CT molecular complexity index is 694. The summed E-state index contributed by atoms with van der Waals surface area (Å²) in [6.07, 6.45) is 1.59. The van der Waals surface area contributed by atoms with Crippen LogP contribution >= 0.6 is 28.1 Å². The van der Waals surface area contributed by atoms with Crippen LogP contribution in [0.25, 0.3) is 0 Å². The van der Waals surface area contributed by atoms with Crippen LogP contribution in [0.5, 0.6) is 0 Å². The van der Waals surface area contributed by atoms with Gasteiger partial charge in [0.1, 0.15) is 5.76 Å². The molecule has 6 nitrogen and oxygen atoms in total. The summed E-state index contributed by atoms with van der Waals surface area (Å²) >= 11 is 8.81. The van der Waals surface area contributed by atoms with Crippen molar-refractivity contribution in [2.75, 3.05) is 32.1 Å². The van der Waals surface area contributed by atoms with E-state index >= 15 is 0 Å². The number of amides is 1. The maximum absolute atomic E-state index is 12.4. The van der Waals surface area contributed by atoms with Gasteiger partial charge >= 0.3 is 0 Å². The van der Waals surface area contributed by atoms with Crippen molar-refractivity contribution >= 4 is 44.9 Å². The highest BCUT2D eigenvalue weighted by molar-refractivity contribution is 9.10. The molecule has 0 radical (unpaired) electrons. The Kier molecular flexibility index (Phi) is 7.90. The summed E-state index contributed by atoms with van der Waals surface area (Å²) in [5.74, 6) is 0.555. The summed E-state index contributed by atoms with van der Waals surface area (Å²) in [7, 11) is 1.62. The van der Waals surface area contributed by atoms with Crippen LogP contribution in [-0.4, -0.2) is 42.7 Å². The Morgan fingerprint density at radius 1 is 1.32 bits per heavy atom. The number of halogens is 1. The molecule has 0 aliphatic heterocycles. The predicted octanol–water partition coefficient (Wildman–Crippen LogP) is 3.00. The molecule has 1 aromatic heterocycles. The second-order valence-electron chi connectivity index (χ2n) is 5.19. The van der Waals surface area contributed by atoms with Crippen LogP contribution in [0.15, 0.2) is 51.6 Å². The molecule has 0 unspecified atom stereocenters. The molecule has 2 rings (SSSR count). The van der Waals surface area contributed by atoms with Crippen molar-refractivity contribution in [3.63, 3.8) is 0 Å². The van der Waals surface area contributed by atoms with Crippen LogP contribution in [-0.2, 0) is 16.1 Å². The second kappa shape index (κ2) is 10.2. The molecule has 0 aliphatic carbocycles. The summed E-state index contributed by atoms with van der Waals surface area (Å²) < 4.78 is 11.2. The average Bonchev–Trinajstić information content (AvgIpc) is 3.09. The first-order valence-corrected chi connectivity index (χ1v) is 8.88. The van der Waals surface area contributed by atoms with E-state index < -0.39 is 0 Å². The van der Waals surface area contributed by atoms with Gasteiger partial charge in [0.15, 0.2) is 5.11 Å². The van der Waals surface area contributed by atoms with Gasteiger partial charge < -0.3 is 24.7 Å². The highest BCUT2D eigenvalue weighted by Gasteiger charge is 2.16. The Hall–Kier alpha value is -1.90. The van der Waals surface area contributed by atoms with Gasteiger partial charge in [0, 0.05) is 18.1 Å². The fourth-order valence-corrected chi connectivity index (χ4v) is 2.70. The van der Waals surface area contributed by atoms with Gasteiger partial charge in [0.25, 0.3) is 0 Å². The van der Waals surface area contributed by atoms with Gasteiger partial charge in [-0.05, 0) is 52.4 Å². The molecule has 0 saturated carbocycles. The predicted molar refractivity (Wildman–Crippen MR) is 104 cm³/mol. The molecule has 0 saturated heterocycles. The van der Waals surface area contributed by atoms with Crippen molar-refractivity contribution in [2.24, 2.45) is 0 Å². The molecule has 0 spiro atoms. The van der Waals surface area contributed by atoms with Crippen LogP contribution < -0.4 is 10.6 Å². The molecule has 25 heavy (non-hydrogen) atoms. The normalized spacial score (nSPS) is 10.3. The Labute approximate surface area is 160 Å². The zero-order chi connectivity index (χ0) is 18.1. The monoisotopic (exact) mass is 425 g/mol. The maximum Gasteiger partial charge on any atom is 0.244 e. The van der Waals surface area contributed by atoms with E-state index in [2.05, 4.69) is 26.6 Å². The van der Waals surface area contributed by atoms with Crippen molar-refractivity contribution in [1.29, 1.82) is 0 Å². The Morgan fingerprint density at radius 2 is 2.12 bits per heavy atom. The van der Waals surface area contributed by atoms with Crippen molar-refractivity contribution in [3.05, 3.63) is 52.9 Å². The second-order valence-corrected chi connectivity index (χ2v) is 6.43. The minimum Gasteiger partial charge on any atom is -0.467 e. The van der Waals surface area contributed by atoms with E-state index in [1.165, 1.54) is 0 Å². The minimum atomic E-state index is -0.172. The summed E-state index contributed by atoms with van der Waals surface area (Å²) in [5.41, 5.74) is 0.712. The number of hydrogen-bond acceptors (Lipinski definition) is 4. The van der Waals surface area contributed by atoms with E-state index in [0.29, 0.717) is 30.5 Å². The average molecular weight is 426 g/mol. The molecule has 1 amide bonds. The molecule has 0 atom stereocenters. The first-order chi connectivity index (χ1) is 12.1. The zero-order valence-corrected chi connectivity index (χ0v) is 16.2. The first kappa shape index (κ1) is 19.4. The third kappa shape index (κ3) is 6.49. The van der Waals surface area contributed by atoms with Crippen LogP contribution in [0.3, 0.4) is 0 Å². The van der Waals surface area contributed by atoms with Gasteiger partial charge in [-0.3, -0.25) is 4.79 Å². The van der Waals surface area contributed by atoms with E-state index in [1.54, 1.807) is 24.3 Å². The third-order valence-corrected chi connectivity index (χ3v) is 4.37. The van der Waals surface area contributed by atoms with Gasteiger partial charge in [0.05, 0.1) is 31.6 Å². The summed E-state index contributed by atoms with van der Waals surface area (Å²) in [5, 5.41) is 6.42.